The number of anilines is 2. The van der Waals surface area contributed by atoms with Gasteiger partial charge < -0.3 is 15.8 Å². The average Bonchev–Trinajstić information content (AvgIpc) is 2.22. The molecule has 1 aromatic rings. The fraction of sp³-hybridized carbons (Fsp3) is 0.636. The second-order valence-corrected chi connectivity index (χ2v) is 5.72. The van der Waals surface area contributed by atoms with E-state index < -0.39 is 0 Å². The molecule has 1 aromatic heterocycles. The van der Waals surface area contributed by atoms with Crippen molar-refractivity contribution >= 4 is 27.7 Å². The lowest BCUT2D eigenvalue weighted by molar-refractivity contribution is -0.0553. The van der Waals surface area contributed by atoms with Crippen molar-refractivity contribution in [1.82, 2.24) is 9.97 Å². The Kier molecular flexibility index (Phi) is 3.53. The largest absolute Gasteiger partial charge is 0.375 e. The summed E-state index contributed by atoms with van der Waals surface area (Å²) in [7, 11) is 0. The molecule has 0 spiro atoms. The number of halogens is 1. The van der Waals surface area contributed by atoms with Crippen LogP contribution in [-0.2, 0) is 4.74 Å². The van der Waals surface area contributed by atoms with Crippen LogP contribution in [0.2, 0.25) is 0 Å². The van der Waals surface area contributed by atoms with Crippen molar-refractivity contribution in [2.24, 2.45) is 0 Å². The lowest BCUT2D eigenvalue weighted by atomic mass is 9.94. The van der Waals surface area contributed by atoms with Gasteiger partial charge in [-0.05, 0) is 42.6 Å². The molecular formula is C11H17BrN4O. The minimum absolute atomic E-state index is 0.0824. The van der Waals surface area contributed by atoms with Gasteiger partial charge >= 0.3 is 0 Å². The summed E-state index contributed by atoms with van der Waals surface area (Å²) in [6.45, 7) is 4.97. The predicted molar refractivity (Wildman–Crippen MR) is 70.8 cm³/mol. The van der Waals surface area contributed by atoms with Gasteiger partial charge in [-0.25, -0.2) is 4.98 Å². The van der Waals surface area contributed by atoms with E-state index in [1.54, 1.807) is 6.20 Å². The number of hydrogen-bond acceptors (Lipinski definition) is 5. The summed E-state index contributed by atoms with van der Waals surface area (Å²) in [5.41, 5.74) is 5.50. The van der Waals surface area contributed by atoms with E-state index in [1.165, 1.54) is 0 Å². The molecule has 0 amide bonds. The van der Waals surface area contributed by atoms with E-state index >= 15 is 0 Å². The zero-order valence-electron chi connectivity index (χ0n) is 10.0. The van der Waals surface area contributed by atoms with E-state index in [0.717, 1.165) is 29.7 Å². The summed E-state index contributed by atoms with van der Waals surface area (Å²) in [5.74, 6) is 1.03. The van der Waals surface area contributed by atoms with Crippen LogP contribution in [0.25, 0.3) is 0 Å². The van der Waals surface area contributed by atoms with Crippen molar-refractivity contribution in [2.75, 3.05) is 17.7 Å². The van der Waals surface area contributed by atoms with Crippen LogP contribution in [0, 0.1) is 0 Å². The molecule has 94 valence electrons. The van der Waals surface area contributed by atoms with Crippen LogP contribution in [-0.4, -0.2) is 28.2 Å². The zero-order valence-corrected chi connectivity index (χ0v) is 11.6. The molecule has 1 aliphatic rings. The Balaban J connectivity index is 2.07. The third-order valence-electron chi connectivity index (χ3n) is 2.80. The minimum Gasteiger partial charge on any atom is -0.375 e. The molecular weight excluding hydrogens is 284 g/mol. The number of aromatic nitrogens is 2. The lowest BCUT2D eigenvalue weighted by Gasteiger charge is -2.36. The van der Waals surface area contributed by atoms with Gasteiger partial charge in [-0.3, -0.25) is 0 Å². The first kappa shape index (κ1) is 12.6. The summed E-state index contributed by atoms with van der Waals surface area (Å²) in [6.07, 6.45) is 3.58. The highest BCUT2D eigenvalue weighted by molar-refractivity contribution is 9.10. The highest BCUT2D eigenvalue weighted by Gasteiger charge is 2.29. The Labute approximate surface area is 109 Å². The van der Waals surface area contributed by atoms with Crippen LogP contribution in [0.3, 0.4) is 0 Å². The first-order valence-corrected chi connectivity index (χ1v) is 6.44. The molecule has 1 atom stereocenters. The Hall–Kier alpha value is -0.880. The van der Waals surface area contributed by atoms with E-state index in [-0.39, 0.29) is 11.5 Å². The topological polar surface area (TPSA) is 73.1 Å². The first-order chi connectivity index (χ1) is 7.96. The van der Waals surface area contributed by atoms with Gasteiger partial charge in [0.25, 0.3) is 0 Å². The van der Waals surface area contributed by atoms with Crippen LogP contribution in [0.4, 0.5) is 11.8 Å². The molecule has 2 heterocycles. The predicted octanol–water partition coefficient (Wildman–Crippen LogP) is 2.19. The molecule has 0 aromatic carbocycles. The van der Waals surface area contributed by atoms with Crippen molar-refractivity contribution in [2.45, 2.75) is 38.3 Å². The molecule has 0 aliphatic carbocycles. The molecule has 6 heteroatoms. The SMILES string of the molecule is CC1(C)CC(Nc2nc(N)ncc2Br)CCO1. The summed E-state index contributed by atoms with van der Waals surface area (Å²) in [4.78, 5) is 8.10. The van der Waals surface area contributed by atoms with Gasteiger partial charge in [-0.2, -0.15) is 4.98 Å². The standard InChI is InChI=1S/C11H17BrN4O/c1-11(2)5-7(3-4-17-11)15-9-8(12)6-14-10(13)16-9/h6-7H,3-5H2,1-2H3,(H3,13,14,15,16). The number of nitrogens with two attached hydrogens (primary N) is 1. The molecule has 2 rings (SSSR count). The van der Waals surface area contributed by atoms with Crippen molar-refractivity contribution < 1.29 is 4.74 Å². The van der Waals surface area contributed by atoms with Crippen molar-refractivity contribution in [3.05, 3.63) is 10.7 Å². The van der Waals surface area contributed by atoms with Crippen molar-refractivity contribution in [1.29, 1.82) is 0 Å². The molecule has 17 heavy (non-hydrogen) atoms. The highest BCUT2D eigenvalue weighted by Crippen LogP contribution is 2.28. The number of nitrogens with one attached hydrogen (secondary N) is 1. The molecule has 5 nitrogen and oxygen atoms in total. The van der Waals surface area contributed by atoms with Crippen LogP contribution >= 0.6 is 15.9 Å². The Morgan fingerprint density at radius 3 is 3.06 bits per heavy atom. The molecule has 0 radical (unpaired) electrons. The van der Waals surface area contributed by atoms with Gasteiger partial charge in [0.05, 0.1) is 10.1 Å². The molecule has 0 bridgehead atoms. The maximum absolute atomic E-state index is 5.68. The van der Waals surface area contributed by atoms with Crippen molar-refractivity contribution in [3.8, 4) is 0 Å². The molecule has 3 N–H and O–H groups in total. The normalized spacial score (nSPS) is 23.4. The lowest BCUT2D eigenvalue weighted by Crippen LogP contribution is -2.40. The molecule has 1 unspecified atom stereocenters. The summed E-state index contributed by atoms with van der Waals surface area (Å²) < 4.78 is 6.51. The quantitative estimate of drug-likeness (QED) is 0.876. The number of rotatable bonds is 2. The summed E-state index contributed by atoms with van der Waals surface area (Å²) >= 11 is 3.41. The Morgan fingerprint density at radius 1 is 1.59 bits per heavy atom. The van der Waals surface area contributed by atoms with Crippen LogP contribution < -0.4 is 11.1 Å². The zero-order chi connectivity index (χ0) is 12.5. The third kappa shape index (κ3) is 3.29. The number of hydrogen-bond donors (Lipinski definition) is 2. The van der Waals surface area contributed by atoms with Gasteiger partial charge in [0, 0.05) is 18.8 Å². The van der Waals surface area contributed by atoms with Crippen LogP contribution in [0.15, 0.2) is 10.7 Å². The maximum atomic E-state index is 5.68. The fourth-order valence-electron chi connectivity index (χ4n) is 2.03. The maximum Gasteiger partial charge on any atom is 0.221 e. The Bertz CT molecular complexity index is 410. The second kappa shape index (κ2) is 4.78. The minimum atomic E-state index is -0.0824. The van der Waals surface area contributed by atoms with Gasteiger partial charge in [0.2, 0.25) is 5.95 Å². The second-order valence-electron chi connectivity index (χ2n) is 4.87. The molecule has 1 aliphatic heterocycles. The monoisotopic (exact) mass is 300 g/mol. The summed E-state index contributed by atoms with van der Waals surface area (Å²) in [6, 6.07) is 0.351. The van der Waals surface area contributed by atoms with Crippen molar-refractivity contribution in [3.63, 3.8) is 0 Å². The first-order valence-electron chi connectivity index (χ1n) is 5.65. The fourth-order valence-corrected chi connectivity index (χ4v) is 2.34. The number of nitrogen functional groups attached to an aromatic ring is 1. The van der Waals surface area contributed by atoms with Gasteiger partial charge in [0.1, 0.15) is 5.82 Å². The van der Waals surface area contributed by atoms with Gasteiger partial charge in [-0.15, -0.1) is 0 Å². The molecule has 1 saturated heterocycles. The summed E-state index contributed by atoms with van der Waals surface area (Å²) in [5, 5.41) is 3.39. The number of nitrogens with zero attached hydrogens (tertiary/aromatic N) is 2. The number of ether oxygens (including phenoxy) is 1. The van der Waals surface area contributed by atoms with Crippen LogP contribution in [0.1, 0.15) is 26.7 Å². The molecule has 1 fully saturated rings. The van der Waals surface area contributed by atoms with Gasteiger partial charge in [0.15, 0.2) is 0 Å². The van der Waals surface area contributed by atoms with Gasteiger partial charge in [-0.1, -0.05) is 0 Å². The third-order valence-corrected chi connectivity index (χ3v) is 3.38. The van der Waals surface area contributed by atoms with E-state index in [2.05, 4.69) is 45.1 Å². The average molecular weight is 301 g/mol. The highest BCUT2D eigenvalue weighted by atomic mass is 79.9. The van der Waals surface area contributed by atoms with E-state index in [1.807, 2.05) is 0 Å². The van der Waals surface area contributed by atoms with E-state index in [0.29, 0.717) is 6.04 Å². The van der Waals surface area contributed by atoms with Crippen LogP contribution in [0.5, 0.6) is 0 Å². The Morgan fingerprint density at radius 2 is 2.35 bits per heavy atom. The smallest absolute Gasteiger partial charge is 0.221 e. The van der Waals surface area contributed by atoms with E-state index in [9.17, 15) is 0 Å². The molecule has 0 saturated carbocycles. The van der Waals surface area contributed by atoms with E-state index in [4.69, 9.17) is 10.5 Å².